The molecule has 0 spiro atoms. The quantitative estimate of drug-likeness (QED) is 0.833. The minimum absolute atomic E-state index is 0.0873. The van der Waals surface area contributed by atoms with E-state index in [0.29, 0.717) is 51.4 Å². The van der Waals surface area contributed by atoms with Gasteiger partial charge in [0.15, 0.2) is 0 Å². The average molecular weight is 321 g/mol. The van der Waals surface area contributed by atoms with Gasteiger partial charge >= 0.3 is 0 Å². The smallest absolute Gasteiger partial charge is 0.237 e. The highest BCUT2D eigenvalue weighted by Gasteiger charge is 2.25. The van der Waals surface area contributed by atoms with Crippen molar-refractivity contribution in [2.75, 3.05) is 43.5 Å². The van der Waals surface area contributed by atoms with Crippen molar-refractivity contribution in [1.29, 1.82) is 0 Å². The van der Waals surface area contributed by atoms with Gasteiger partial charge in [-0.3, -0.25) is 9.59 Å². The van der Waals surface area contributed by atoms with E-state index in [2.05, 4.69) is 4.98 Å². The predicted molar refractivity (Wildman–Crippen MR) is 83.9 cm³/mol. The molecule has 1 aromatic rings. The van der Waals surface area contributed by atoms with Crippen molar-refractivity contribution in [3.05, 3.63) is 18.3 Å². The van der Waals surface area contributed by atoms with Crippen molar-refractivity contribution >= 4 is 29.3 Å². The van der Waals surface area contributed by atoms with Crippen molar-refractivity contribution in [2.24, 2.45) is 0 Å². The van der Waals surface area contributed by atoms with E-state index in [9.17, 15) is 9.59 Å². The maximum atomic E-state index is 12.1. The Morgan fingerprint density at radius 3 is 3.00 bits per heavy atom. The Morgan fingerprint density at radius 1 is 1.36 bits per heavy atom. The van der Waals surface area contributed by atoms with Crippen LogP contribution in [-0.2, 0) is 14.3 Å². The number of carbonyl (C=O) groups is 2. The van der Waals surface area contributed by atoms with Gasteiger partial charge in [-0.2, -0.15) is 0 Å². The van der Waals surface area contributed by atoms with Crippen molar-refractivity contribution in [1.82, 2.24) is 9.88 Å². The maximum absolute atomic E-state index is 12.1. The van der Waals surface area contributed by atoms with Gasteiger partial charge in [-0.25, -0.2) is 4.98 Å². The average Bonchev–Trinajstić information content (AvgIpc) is 2.57. The van der Waals surface area contributed by atoms with Crippen LogP contribution < -0.4 is 4.90 Å². The number of carbonyl (C=O) groups excluding carboxylic acids is 2. The number of rotatable bonds is 4. The first-order chi connectivity index (χ1) is 10.8. The van der Waals surface area contributed by atoms with E-state index < -0.39 is 0 Å². The molecule has 3 rings (SSSR count). The Hall–Kier alpha value is -1.60. The zero-order valence-electron chi connectivity index (χ0n) is 12.4. The lowest BCUT2D eigenvalue weighted by Gasteiger charge is -2.29. The van der Waals surface area contributed by atoms with E-state index in [4.69, 9.17) is 4.74 Å². The Labute approximate surface area is 133 Å². The van der Waals surface area contributed by atoms with E-state index >= 15 is 0 Å². The summed E-state index contributed by atoms with van der Waals surface area (Å²) in [5.74, 6) is 0.652. The van der Waals surface area contributed by atoms with Crippen molar-refractivity contribution < 1.29 is 14.3 Å². The molecule has 6 nitrogen and oxygen atoms in total. The Bertz CT molecular complexity index is 561. The topological polar surface area (TPSA) is 62.7 Å². The molecule has 118 valence electrons. The Balaban J connectivity index is 1.55. The van der Waals surface area contributed by atoms with E-state index in [1.54, 1.807) is 11.1 Å². The number of nitrogens with zero attached hydrogens (tertiary/aromatic N) is 3. The number of pyridine rings is 1. The lowest BCUT2D eigenvalue weighted by molar-refractivity contribution is -0.135. The van der Waals surface area contributed by atoms with Crippen LogP contribution in [-0.4, -0.2) is 60.3 Å². The number of ether oxygens (including phenoxy) is 1. The largest absolute Gasteiger partial charge is 0.378 e. The third-order valence-corrected chi connectivity index (χ3v) is 4.79. The van der Waals surface area contributed by atoms with Gasteiger partial charge in [0.05, 0.1) is 24.7 Å². The number of amides is 2. The lowest BCUT2D eigenvalue weighted by Crippen LogP contribution is -2.41. The molecule has 0 saturated carbocycles. The van der Waals surface area contributed by atoms with Crippen molar-refractivity contribution in [2.45, 2.75) is 17.9 Å². The second kappa shape index (κ2) is 7.11. The van der Waals surface area contributed by atoms with E-state index in [-0.39, 0.29) is 11.8 Å². The van der Waals surface area contributed by atoms with Crippen LogP contribution in [0.2, 0.25) is 0 Å². The van der Waals surface area contributed by atoms with Crippen LogP contribution in [0.1, 0.15) is 12.8 Å². The fourth-order valence-corrected chi connectivity index (χ4v) is 3.52. The first-order valence-electron chi connectivity index (χ1n) is 7.49. The molecule has 0 unspecified atom stereocenters. The third-order valence-electron chi connectivity index (χ3n) is 3.81. The summed E-state index contributed by atoms with van der Waals surface area (Å²) in [6.45, 7) is 3.14. The fraction of sp³-hybridized carbons (Fsp3) is 0.533. The van der Waals surface area contributed by atoms with Gasteiger partial charge in [-0.05, 0) is 18.6 Å². The molecule has 7 heteroatoms. The normalized spacial score (nSPS) is 18.3. The summed E-state index contributed by atoms with van der Waals surface area (Å²) in [4.78, 5) is 32.1. The van der Waals surface area contributed by atoms with Crippen LogP contribution in [0.15, 0.2) is 23.4 Å². The summed E-state index contributed by atoms with van der Waals surface area (Å²) in [7, 11) is 0. The molecule has 1 fully saturated rings. The summed E-state index contributed by atoms with van der Waals surface area (Å²) in [6.07, 6.45) is 2.87. The Morgan fingerprint density at radius 2 is 2.18 bits per heavy atom. The summed E-state index contributed by atoms with van der Waals surface area (Å²) >= 11 is 1.47. The molecule has 2 aliphatic heterocycles. The van der Waals surface area contributed by atoms with Crippen LogP contribution in [0.5, 0.6) is 0 Å². The molecule has 2 aliphatic rings. The molecule has 0 aromatic carbocycles. The summed E-state index contributed by atoms with van der Waals surface area (Å²) in [5, 5.41) is 0.890. The van der Waals surface area contributed by atoms with Gasteiger partial charge < -0.3 is 14.5 Å². The van der Waals surface area contributed by atoms with Gasteiger partial charge in [0.1, 0.15) is 5.03 Å². The third kappa shape index (κ3) is 3.41. The van der Waals surface area contributed by atoms with E-state index in [0.717, 1.165) is 10.7 Å². The molecule has 0 aliphatic carbocycles. The van der Waals surface area contributed by atoms with Crippen molar-refractivity contribution in [3.8, 4) is 0 Å². The predicted octanol–water partition coefficient (Wildman–Crippen LogP) is 1.16. The fourth-order valence-electron chi connectivity index (χ4n) is 2.65. The van der Waals surface area contributed by atoms with E-state index in [1.807, 2.05) is 17.0 Å². The standard InChI is InChI=1S/C15H19N3O3S/c19-13(17-7-9-21-10-8-17)4-2-6-18-12-3-1-5-16-15(12)22-11-14(18)20/h1,3,5H,2,4,6-11H2. The molecule has 0 atom stereocenters. The molecular formula is C15H19N3O3S. The second-order valence-corrected chi connectivity index (χ2v) is 6.22. The van der Waals surface area contributed by atoms with E-state index in [1.165, 1.54) is 11.8 Å². The molecular weight excluding hydrogens is 302 g/mol. The van der Waals surface area contributed by atoms with Crippen LogP contribution >= 0.6 is 11.8 Å². The first-order valence-corrected chi connectivity index (χ1v) is 8.48. The monoisotopic (exact) mass is 321 g/mol. The molecule has 0 bridgehead atoms. The number of anilines is 1. The second-order valence-electron chi connectivity index (χ2n) is 5.26. The zero-order chi connectivity index (χ0) is 15.4. The molecule has 1 aromatic heterocycles. The highest BCUT2D eigenvalue weighted by atomic mass is 32.2. The van der Waals surface area contributed by atoms with Gasteiger partial charge in [-0.1, -0.05) is 11.8 Å². The molecule has 22 heavy (non-hydrogen) atoms. The molecule has 2 amide bonds. The molecule has 0 N–H and O–H groups in total. The van der Waals surface area contributed by atoms with Crippen LogP contribution in [0.3, 0.4) is 0 Å². The van der Waals surface area contributed by atoms with Gasteiger partial charge in [0.2, 0.25) is 11.8 Å². The summed E-state index contributed by atoms with van der Waals surface area (Å²) in [6, 6.07) is 3.75. The maximum Gasteiger partial charge on any atom is 0.237 e. The highest BCUT2D eigenvalue weighted by Crippen LogP contribution is 2.33. The number of thioether (sulfide) groups is 1. The zero-order valence-corrected chi connectivity index (χ0v) is 13.2. The summed E-state index contributed by atoms with van der Waals surface area (Å²) in [5.41, 5.74) is 0.863. The number of aromatic nitrogens is 1. The Kier molecular flexibility index (Phi) is 4.94. The first kappa shape index (κ1) is 15.3. The number of hydrogen-bond acceptors (Lipinski definition) is 5. The number of morpholine rings is 1. The lowest BCUT2D eigenvalue weighted by atomic mass is 10.2. The van der Waals surface area contributed by atoms with Gasteiger partial charge in [0.25, 0.3) is 0 Å². The molecule has 1 saturated heterocycles. The van der Waals surface area contributed by atoms with Crippen molar-refractivity contribution in [3.63, 3.8) is 0 Å². The van der Waals surface area contributed by atoms with Gasteiger partial charge in [-0.15, -0.1) is 0 Å². The minimum atomic E-state index is 0.0873. The molecule has 3 heterocycles. The van der Waals surface area contributed by atoms with Crippen LogP contribution in [0.25, 0.3) is 0 Å². The minimum Gasteiger partial charge on any atom is -0.378 e. The number of fused-ring (bicyclic) bond motifs is 1. The van der Waals surface area contributed by atoms with Crippen LogP contribution in [0, 0.1) is 0 Å². The number of hydrogen-bond donors (Lipinski definition) is 0. The molecule has 0 radical (unpaired) electrons. The highest BCUT2D eigenvalue weighted by molar-refractivity contribution is 8.00. The van der Waals surface area contributed by atoms with Gasteiger partial charge in [0, 0.05) is 32.3 Å². The SMILES string of the molecule is O=C(CCCN1C(=O)CSc2ncccc21)N1CCOCC1. The summed E-state index contributed by atoms with van der Waals surface area (Å²) < 4.78 is 5.25. The van der Waals surface area contributed by atoms with Crippen LogP contribution in [0.4, 0.5) is 5.69 Å².